The van der Waals surface area contributed by atoms with Gasteiger partial charge < -0.3 is 10.6 Å². The third-order valence-electron chi connectivity index (χ3n) is 3.85. The molecule has 2 aromatic heterocycles. The monoisotopic (exact) mass is 349 g/mol. The van der Waals surface area contributed by atoms with Crippen LogP contribution in [0.4, 0.5) is 4.79 Å². The van der Waals surface area contributed by atoms with E-state index in [2.05, 4.69) is 20.7 Å². The predicted octanol–water partition coefficient (Wildman–Crippen LogP) is 0.468. The van der Waals surface area contributed by atoms with Gasteiger partial charge in [0.2, 0.25) is 0 Å². The van der Waals surface area contributed by atoms with Crippen LogP contribution in [0.2, 0.25) is 0 Å². The topological polar surface area (TPSA) is 106 Å². The van der Waals surface area contributed by atoms with Gasteiger partial charge >= 0.3 is 6.03 Å². The van der Waals surface area contributed by atoms with Gasteiger partial charge in [-0.05, 0) is 18.1 Å². The number of rotatable bonds is 4. The number of nitrogens with zero attached hydrogens (tertiary/aromatic N) is 3. The second-order valence-electron chi connectivity index (χ2n) is 5.88. The van der Waals surface area contributed by atoms with E-state index in [1.807, 2.05) is 25.4 Å². The van der Waals surface area contributed by atoms with Gasteiger partial charge in [-0.15, -0.1) is 0 Å². The van der Waals surface area contributed by atoms with Gasteiger partial charge in [0.1, 0.15) is 0 Å². The fraction of sp³-hybridized carbons (Fsp3) is 0.400. The third kappa shape index (κ3) is 4.10. The van der Waals surface area contributed by atoms with Crippen molar-refractivity contribution < 1.29 is 13.2 Å². The minimum Gasteiger partial charge on any atom is -0.334 e. The first kappa shape index (κ1) is 16.4. The number of sulfone groups is 1. The van der Waals surface area contributed by atoms with Crippen LogP contribution in [0.15, 0.2) is 30.7 Å². The molecule has 0 saturated carbocycles. The van der Waals surface area contributed by atoms with Crippen molar-refractivity contribution in [2.45, 2.75) is 19.0 Å². The summed E-state index contributed by atoms with van der Waals surface area (Å²) in [6.45, 7) is 0.325. The van der Waals surface area contributed by atoms with Crippen molar-refractivity contribution in [1.29, 1.82) is 0 Å². The molecule has 1 atom stereocenters. The molecule has 3 heterocycles. The average molecular weight is 349 g/mol. The van der Waals surface area contributed by atoms with E-state index < -0.39 is 9.84 Å². The fourth-order valence-corrected chi connectivity index (χ4v) is 4.25. The Bertz CT molecular complexity index is 829. The van der Waals surface area contributed by atoms with Crippen LogP contribution in [-0.4, -0.2) is 46.8 Å². The second-order valence-corrected chi connectivity index (χ2v) is 8.11. The summed E-state index contributed by atoms with van der Waals surface area (Å²) < 4.78 is 24.4. The molecule has 0 aliphatic carbocycles. The van der Waals surface area contributed by atoms with E-state index in [0.717, 1.165) is 16.8 Å². The van der Waals surface area contributed by atoms with Gasteiger partial charge in [-0.25, -0.2) is 13.2 Å². The molecule has 2 aromatic rings. The smallest absolute Gasteiger partial charge is 0.315 e. The van der Waals surface area contributed by atoms with Crippen molar-refractivity contribution in [2.24, 2.45) is 7.05 Å². The summed E-state index contributed by atoms with van der Waals surface area (Å²) in [5.41, 5.74) is 2.60. The van der Waals surface area contributed by atoms with Gasteiger partial charge in [0.15, 0.2) is 9.84 Å². The van der Waals surface area contributed by atoms with Crippen LogP contribution in [0, 0.1) is 0 Å². The molecule has 1 aliphatic heterocycles. The van der Waals surface area contributed by atoms with Crippen LogP contribution in [0.25, 0.3) is 11.3 Å². The summed E-state index contributed by atoms with van der Waals surface area (Å²) in [4.78, 5) is 16.2. The largest absolute Gasteiger partial charge is 0.334 e. The Morgan fingerprint density at radius 2 is 2.21 bits per heavy atom. The minimum atomic E-state index is -3.00. The maximum atomic E-state index is 11.8. The highest BCUT2D eigenvalue weighted by Crippen LogP contribution is 2.15. The third-order valence-corrected chi connectivity index (χ3v) is 5.61. The van der Waals surface area contributed by atoms with E-state index >= 15 is 0 Å². The van der Waals surface area contributed by atoms with Crippen LogP contribution in [0.5, 0.6) is 0 Å². The van der Waals surface area contributed by atoms with Gasteiger partial charge in [0.05, 0.1) is 23.4 Å². The highest BCUT2D eigenvalue weighted by Gasteiger charge is 2.28. The van der Waals surface area contributed by atoms with E-state index in [1.165, 1.54) is 0 Å². The van der Waals surface area contributed by atoms with Gasteiger partial charge in [0, 0.05) is 37.6 Å². The van der Waals surface area contributed by atoms with E-state index in [1.54, 1.807) is 17.1 Å². The number of amides is 2. The van der Waals surface area contributed by atoms with Crippen LogP contribution in [0.3, 0.4) is 0 Å². The quantitative estimate of drug-likeness (QED) is 0.834. The predicted molar refractivity (Wildman–Crippen MR) is 88.9 cm³/mol. The number of hydrogen-bond acceptors (Lipinski definition) is 5. The van der Waals surface area contributed by atoms with Crippen molar-refractivity contribution in [3.63, 3.8) is 0 Å². The maximum absolute atomic E-state index is 11.8. The Hall–Kier alpha value is -2.42. The molecule has 0 bridgehead atoms. The fourth-order valence-electron chi connectivity index (χ4n) is 2.58. The average Bonchev–Trinajstić information content (AvgIpc) is 3.11. The molecule has 0 unspecified atom stereocenters. The SMILES string of the molecule is Cn1cc(-c2ccc(CNC(=O)N[C@H]3CCS(=O)(=O)C3)cn2)cn1. The molecule has 24 heavy (non-hydrogen) atoms. The summed E-state index contributed by atoms with van der Waals surface area (Å²) in [6.07, 6.45) is 5.78. The molecule has 0 radical (unpaired) electrons. The van der Waals surface area contributed by atoms with Crippen molar-refractivity contribution in [3.8, 4) is 11.3 Å². The number of hydrogen-bond donors (Lipinski definition) is 2. The summed E-state index contributed by atoms with van der Waals surface area (Å²) >= 11 is 0. The molecule has 0 aromatic carbocycles. The highest BCUT2D eigenvalue weighted by atomic mass is 32.2. The van der Waals surface area contributed by atoms with Crippen LogP contribution in [-0.2, 0) is 23.4 Å². The zero-order valence-electron chi connectivity index (χ0n) is 13.3. The van der Waals surface area contributed by atoms with Gasteiger partial charge in [-0.1, -0.05) is 6.07 Å². The Morgan fingerprint density at radius 1 is 1.38 bits per heavy atom. The Morgan fingerprint density at radius 3 is 2.79 bits per heavy atom. The Kier molecular flexibility index (Phi) is 4.52. The molecule has 1 saturated heterocycles. The van der Waals surface area contributed by atoms with Crippen molar-refractivity contribution >= 4 is 15.9 Å². The number of urea groups is 1. The summed E-state index contributed by atoms with van der Waals surface area (Å²) in [6, 6.07) is 3.08. The lowest BCUT2D eigenvalue weighted by Crippen LogP contribution is -2.42. The molecular weight excluding hydrogens is 330 g/mol. The molecule has 0 spiro atoms. The normalized spacial score (nSPS) is 19.1. The van der Waals surface area contributed by atoms with Crippen LogP contribution < -0.4 is 10.6 Å². The molecule has 1 aliphatic rings. The molecular formula is C15H19N5O3S. The molecule has 1 fully saturated rings. The van der Waals surface area contributed by atoms with E-state index in [4.69, 9.17) is 0 Å². The zero-order chi connectivity index (χ0) is 17.2. The van der Waals surface area contributed by atoms with Gasteiger partial charge in [0.25, 0.3) is 0 Å². The number of carbonyl (C=O) groups excluding carboxylic acids is 1. The second kappa shape index (κ2) is 6.60. The summed E-state index contributed by atoms with van der Waals surface area (Å²) in [5.74, 6) is 0.152. The van der Waals surface area contributed by atoms with Crippen molar-refractivity contribution in [3.05, 3.63) is 36.3 Å². The molecule has 2 N–H and O–H groups in total. The molecule has 3 rings (SSSR count). The summed E-state index contributed by atoms with van der Waals surface area (Å²) in [7, 11) is -1.15. The number of carbonyl (C=O) groups is 1. The standard InChI is InChI=1S/C15H19N5O3S/c1-20-9-12(8-18-20)14-3-2-11(6-16-14)7-17-15(21)19-13-4-5-24(22,23)10-13/h2-3,6,8-9,13H,4-5,7,10H2,1H3,(H2,17,19,21)/t13-/m0/s1. The van der Waals surface area contributed by atoms with Gasteiger partial charge in [-0.3, -0.25) is 9.67 Å². The first-order chi connectivity index (χ1) is 11.4. The van der Waals surface area contributed by atoms with Crippen molar-refractivity contribution in [1.82, 2.24) is 25.4 Å². The molecule has 8 nitrogen and oxygen atoms in total. The molecule has 2 amide bonds. The highest BCUT2D eigenvalue weighted by molar-refractivity contribution is 7.91. The number of nitrogens with one attached hydrogen (secondary N) is 2. The number of aromatic nitrogens is 3. The molecule has 128 valence electrons. The maximum Gasteiger partial charge on any atom is 0.315 e. The first-order valence-corrected chi connectivity index (χ1v) is 9.42. The van der Waals surface area contributed by atoms with E-state index in [9.17, 15) is 13.2 Å². The van der Waals surface area contributed by atoms with E-state index in [-0.39, 0.29) is 23.6 Å². The minimum absolute atomic E-state index is 0.0157. The molecule has 9 heteroatoms. The zero-order valence-corrected chi connectivity index (χ0v) is 14.1. The lowest BCUT2D eigenvalue weighted by molar-refractivity contribution is 0.237. The summed E-state index contributed by atoms with van der Waals surface area (Å²) in [5, 5.41) is 9.50. The van der Waals surface area contributed by atoms with Crippen LogP contribution >= 0.6 is 0 Å². The van der Waals surface area contributed by atoms with Crippen LogP contribution in [0.1, 0.15) is 12.0 Å². The van der Waals surface area contributed by atoms with Gasteiger partial charge in [-0.2, -0.15) is 5.10 Å². The van der Waals surface area contributed by atoms with E-state index in [0.29, 0.717) is 13.0 Å². The Balaban J connectivity index is 1.50. The Labute approximate surface area is 140 Å². The number of aryl methyl sites for hydroxylation is 1. The lowest BCUT2D eigenvalue weighted by Gasteiger charge is -2.12. The first-order valence-electron chi connectivity index (χ1n) is 7.60. The number of pyridine rings is 1. The lowest BCUT2D eigenvalue weighted by atomic mass is 10.2. The van der Waals surface area contributed by atoms with Crippen molar-refractivity contribution in [2.75, 3.05) is 11.5 Å².